The molecule has 0 radical (unpaired) electrons. The Labute approximate surface area is 116 Å². The number of pyridine rings is 1. The third kappa shape index (κ3) is 3.67. The van der Waals surface area contributed by atoms with Crippen LogP contribution in [-0.2, 0) is 6.54 Å². The molecule has 19 heavy (non-hydrogen) atoms. The van der Waals surface area contributed by atoms with Crippen LogP contribution in [0, 0.1) is 0 Å². The van der Waals surface area contributed by atoms with E-state index in [4.69, 9.17) is 0 Å². The zero-order valence-electron chi connectivity index (χ0n) is 12.4. The number of hydrogen-bond donors (Lipinski definition) is 1. The van der Waals surface area contributed by atoms with E-state index in [1.807, 2.05) is 12.4 Å². The van der Waals surface area contributed by atoms with Gasteiger partial charge in [-0.3, -0.25) is 4.98 Å². The molecule has 1 aromatic rings. The molecule has 1 N–H and O–H groups in total. The summed E-state index contributed by atoms with van der Waals surface area (Å²) in [4.78, 5) is 9.14. The quantitative estimate of drug-likeness (QED) is 0.875. The molecule has 0 aliphatic carbocycles. The molecule has 2 rings (SSSR count). The van der Waals surface area contributed by atoms with Gasteiger partial charge in [0.15, 0.2) is 0 Å². The highest BCUT2D eigenvalue weighted by Crippen LogP contribution is 2.24. The molecule has 1 aliphatic heterocycles. The highest BCUT2D eigenvalue weighted by atomic mass is 15.2. The summed E-state index contributed by atoms with van der Waals surface area (Å²) in [5, 5.41) is 3.41. The topological polar surface area (TPSA) is 31.4 Å². The molecule has 0 unspecified atom stereocenters. The number of piperidine rings is 1. The van der Waals surface area contributed by atoms with Crippen LogP contribution in [0.15, 0.2) is 18.5 Å². The molecule has 0 atom stereocenters. The monoisotopic (exact) mass is 262 g/mol. The maximum absolute atomic E-state index is 4.30. The van der Waals surface area contributed by atoms with Crippen molar-refractivity contribution in [2.24, 2.45) is 0 Å². The summed E-state index contributed by atoms with van der Waals surface area (Å²) in [6, 6.07) is 2.86. The minimum absolute atomic E-state index is 0.727. The molecule has 1 saturated heterocycles. The lowest BCUT2D eigenvalue weighted by atomic mass is 10.0. The Morgan fingerprint density at radius 1 is 1.37 bits per heavy atom. The molecule has 1 aliphatic rings. The van der Waals surface area contributed by atoms with Crippen LogP contribution in [0.2, 0.25) is 0 Å². The van der Waals surface area contributed by atoms with Crippen LogP contribution in [0.3, 0.4) is 0 Å². The van der Waals surface area contributed by atoms with Crippen molar-refractivity contribution in [2.75, 3.05) is 38.6 Å². The number of aromatic nitrogens is 1. The Bertz CT molecular complexity index is 383. The van der Waals surface area contributed by atoms with Gasteiger partial charge >= 0.3 is 0 Å². The van der Waals surface area contributed by atoms with Crippen LogP contribution < -0.4 is 10.2 Å². The van der Waals surface area contributed by atoms with Crippen LogP contribution in [-0.4, -0.2) is 49.7 Å². The largest absolute Gasteiger partial charge is 0.370 e. The number of anilines is 1. The van der Waals surface area contributed by atoms with Crippen LogP contribution in [0.25, 0.3) is 0 Å². The second kappa shape index (κ2) is 6.87. The SMILES string of the molecule is CCNCc1ccncc1N1CCC(N(C)C)CC1. The van der Waals surface area contributed by atoms with Gasteiger partial charge in [-0.1, -0.05) is 6.92 Å². The van der Waals surface area contributed by atoms with Gasteiger partial charge in [-0.2, -0.15) is 0 Å². The molecule has 1 aromatic heterocycles. The molecule has 0 bridgehead atoms. The van der Waals surface area contributed by atoms with Gasteiger partial charge in [0.2, 0.25) is 0 Å². The number of hydrogen-bond acceptors (Lipinski definition) is 4. The second-order valence-corrected chi connectivity index (χ2v) is 5.47. The molecule has 4 heteroatoms. The van der Waals surface area contributed by atoms with E-state index in [-0.39, 0.29) is 0 Å². The fraction of sp³-hybridized carbons (Fsp3) is 0.667. The van der Waals surface area contributed by atoms with Crippen molar-refractivity contribution in [2.45, 2.75) is 32.4 Å². The summed E-state index contributed by atoms with van der Waals surface area (Å²) in [6.45, 7) is 6.34. The summed E-state index contributed by atoms with van der Waals surface area (Å²) in [5.74, 6) is 0. The first-order chi connectivity index (χ1) is 9.22. The first-order valence-electron chi connectivity index (χ1n) is 7.27. The third-order valence-corrected chi connectivity index (χ3v) is 3.99. The van der Waals surface area contributed by atoms with Gasteiger partial charge < -0.3 is 15.1 Å². The molecule has 0 spiro atoms. The lowest BCUT2D eigenvalue weighted by Gasteiger charge is -2.37. The lowest BCUT2D eigenvalue weighted by Crippen LogP contribution is -2.42. The van der Waals surface area contributed by atoms with E-state index in [9.17, 15) is 0 Å². The van der Waals surface area contributed by atoms with E-state index >= 15 is 0 Å². The zero-order chi connectivity index (χ0) is 13.7. The van der Waals surface area contributed by atoms with E-state index in [1.54, 1.807) is 0 Å². The van der Waals surface area contributed by atoms with Gasteiger partial charge in [0.05, 0.1) is 11.9 Å². The van der Waals surface area contributed by atoms with Crippen LogP contribution in [0.4, 0.5) is 5.69 Å². The van der Waals surface area contributed by atoms with Gasteiger partial charge in [0.1, 0.15) is 0 Å². The van der Waals surface area contributed by atoms with E-state index < -0.39 is 0 Å². The molecule has 1 fully saturated rings. The van der Waals surface area contributed by atoms with Gasteiger partial charge in [0, 0.05) is 31.9 Å². The fourth-order valence-electron chi connectivity index (χ4n) is 2.73. The Balaban J connectivity index is 2.02. The minimum Gasteiger partial charge on any atom is -0.370 e. The number of rotatable bonds is 5. The van der Waals surface area contributed by atoms with Crippen molar-refractivity contribution in [3.8, 4) is 0 Å². The maximum atomic E-state index is 4.30. The maximum Gasteiger partial charge on any atom is 0.0598 e. The van der Waals surface area contributed by atoms with Crippen molar-refractivity contribution in [1.82, 2.24) is 15.2 Å². The van der Waals surface area contributed by atoms with Gasteiger partial charge in [-0.15, -0.1) is 0 Å². The van der Waals surface area contributed by atoms with Crippen LogP contribution >= 0.6 is 0 Å². The Hall–Kier alpha value is -1.13. The summed E-state index contributed by atoms with van der Waals surface area (Å²) < 4.78 is 0. The normalized spacial score (nSPS) is 17.2. The van der Waals surface area contributed by atoms with Crippen molar-refractivity contribution in [3.63, 3.8) is 0 Å². The van der Waals surface area contributed by atoms with E-state index in [0.717, 1.165) is 32.2 Å². The zero-order valence-corrected chi connectivity index (χ0v) is 12.4. The molecule has 0 aromatic carbocycles. The van der Waals surface area contributed by atoms with Crippen LogP contribution in [0.5, 0.6) is 0 Å². The molecular formula is C15H26N4. The van der Waals surface area contributed by atoms with Crippen LogP contribution in [0.1, 0.15) is 25.3 Å². The average molecular weight is 262 g/mol. The Morgan fingerprint density at radius 3 is 2.74 bits per heavy atom. The highest BCUT2D eigenvalue weighted by molar-refractivity contribution is 5.52. The Kier molecular flexibility index (Phi) is 5.16. The number of nitrogens with zero attached hydrogens (tertiary/aromatic N) is 3. The highest BCUT2D eigenvalue weighted by Gasteiger charge is 2.22. The molecule has 4 nitrogen and oxygen atoms in total. The van der Waals surface area contributed by atoms with Gasteiger partial charge in [-0.25, -0.2) is 0 Å². The summed E-state index contributed by atoms with van der Waals surface area (Å²) in [7, 11) is 4.36. The average Bonchev–Trinajstić information content (AvgIpc) is 2.45. The predicted octanol–water partition coefficient (Wildman–Crippen LogP) is 1.72. The minimum atomic E-state index is 0.727. The smallest absolute Gasteiger partial charge is 0.0598 e. The molecular weight excluding hydrogens is 236 g/mol. The third-order valence-electron chi connectivity index (χ3n) is 3.99. The lowest BCUT2D eigenvalue weighted by molar-refractivity contribution is 0.249. The first kappa shape index (κ1) is 14.3. The van der Waals surface area contributed by atoms with Gasteiger partial charge in [-0.05, 0) is 45.1 Å². The number of nitrogens with one attached hydrogen (secondary N) is 1. The first-order valence-corrected chi connectivity index (χ1v) is 7.27. The van der Waals surface area contributed by atoms with E-state index in [0.29, 0.717) is 0 Å². The molecule has 0 saturated carbocycles. The van der Waals surface area contributed by atoms with Crippen molar-refractivity contribution < 1.29 is 0 Å². The fourth-order valence-corrected chi connectivity index (χ4v) is 2.73. The second-order valence-electron chi connectivity index (χ2n) is 5.47. The predicted molar refractivity (Wildman–Crippen MR) is 80.5 cm³/mol. The standard InChI is InChI=1S/C15H26N4/c1-4-16-11-13-5-8-17-12-15(13)19-9-6-14(7-10-19)18(2)3/h5,8,12,14,16H,4,6-7,9-11H2,1-3H3. The summed E-state index contributed by atoms with van der Waals surface area (Å²) >= 11 is 0. The molecule has 2 heterocycles. The molecule has 0 amide bonds. The Morgan fingerprint density at radius 2 is 2.11 bits per heavy atom. The summed E-state index contributed by atoms with van der Waals surface area (Å²) in [5.41, 5.74) is 2.67. The van der Waals surface area contributed by atoms with Gasteiger partial charge in [0.25, 0.3) is 0 Å². The van der Waals surface area contributed by atoms with E-state index in [2.05, 4.69) is 47.2 Å². The van der Waals surface area contributed by atoms with Crippen molar-refractivity contribution in [1.29, 1.82) is 0 Å². The van der Waals surface area contributed by atoms with Crippen molar-refractivity contribution >= 4 is 5.69 Å². The van der Waals surface area contributed by atoms with E-state index in [1.165, 1.54) is 24.1 Å². The summed E-state index contributed by atoms with van der Waals surface area (Å²) in [6.07, 6.45) is 6.39. The van der Waals surface area contributed by atoms with Crippen molar-refractivity contribution in [3.05, 3.63) is 24.0 Å². The molecule has 106 valence electrons.